The fourth-order valence-electron chi connectivity index (χ4n) is 7.10. The van der Waals surface area contributed by atoms with E-state index in [4.69, 9.17) is 0 Å². The Morgan fingerprint density at radius 3 is 2.30 bits per heavy atom. The van der Waals surface area contributed by atoms with E-state index in [0.717, 1.165) is 5.92 Å². The molecule has 0 amide bonds. The number of nitrogens with zero attached hydrogens (tertiary/aromatic N) is 4. The number of nitriles is 1. The topological polar surface area (TPSA) is 72.7 Å². The van der Waals surface area contributed by atoms with Crippen LogP contribution in [-0.4, -0.2) is 13.9 Å². The Balaban J connectivity index is 1.61. The number of rotatable bonds is 1. The van der Waals surface area contributed by atoms with Gasteiger partial charge in [0.1, 0.15) is 0 Å². The summed E-state index contributed by atoms with van der Waals surface area (Å²) in [6.07, 6.45) is 0. The van der Waals surface area contributed by atoms with Crippen LogP contribution in [0, 0.1) is 46.8 Å². The largest absolute Gasteiger partial charge is 0.353 e. The number of aromatic nitrogens is 3. The standard InChI is InChI=1S/C17H12N4O2/c18-6-17-12-9-8-10(12)14(11(8)13(9)17)20-15(22)19(16(23)21(17)20)7-4-2-1-3-5-7/h1-5,8-14H/t8?,9?,10-,11+,12-,13+,14?,17?. The van der Waals surface area contributed by atoms with E-state index >= 15 is 0 Å². The molecule has 3 heterocycles. The minimum absolute atomic E-state index is 0.153. The second-order valence-corrected chi connectivity index (χ2v) is 7.68. The lowest BCUT2D eigenvalue weighted by molar-refractivity contribution is -0.473. The van der Waals surface area contributed by atoms with Crippen LogP contribution in [0.4, 0.5) is 0 Å². The van der Waals surface area contributed by atoms with Gasteiger partial charge in [-0.25, -0.2) is 23.5 Å². The van der Waals surface area contributed by atoms with Crippen LogP contribution in [0.5, 0.6) is 0 Å². The summed E-state index contributed by atoms with van der Waals surface area (Å²) in [7, 11) is 0. The summed E-state index contributed by atoms with van der Waals surface area (Å²) in [5, 5.41) is 9.92. The highest BCUT2D eigenvalue weighted by Gasteiger charge is 2.96. The average molecular weight is 304 g/mol. The molecule has 23 heavy (non-hydrogen) atoms. The molecule has 2 aromatic rings. The van der Waals surface area contributed by atoms with E-state index in [1.165, 1.54) is 9.25 Å². The zero-order chi connectivity index (χ0) is 15.2. The molecule has 2 bridgehead atoms. The Hall–Kier alpha value is -2.55. The third kappa shape index (κ3) is 0.724. The molecule has 4 saturated carbocycles. The van der Waals surface area contributed by atoms with Gasteiger partial charge in [0, 0.05) is 11.8 Å². The molecule has 4 aliphatic carbocycles. The van der Waals surface area contributed by atoms with Gasteiger partial charge in [0.05, 0.1) is 17.8 Å². The molecule has 6 aliphatic rings. The first-order chi connectivity index (χ1) is 11.2. The van der Waals surface area contributed by atoms with Crippen molar-refractivity contribution in [2.24, 2.45) is 35.5 Å². The van der Waals surface area contributed by atoms with Gasteiger partial charge in [-0.15, -0.1) is 0 Å². The van der Waals surface area contributed by atoms with Gasteiger partial charge in [0.15, 0.2) is 5.54 Å². The molecule has 112 valence electrons. The minimum Gasteiger partial charge on any atom is -0.245 e. The molecule has 2 aliphatic heterocycles. The predicted octanol–water partition coefficient (Wildman–Crippen LogP) is 0.326. The third-order valence-electron chi connectivity index (χ3n) is 7.60. The van der Waals surface area contributed by atoms with Gasteiger partial charge in [-0.05, 0) is 35.8 Å². The summed E-state index contributed by atoms with van der Waals surface area (Å²) in [4.78, 5) is 26.0. The second kappa shape index (κ2) is 2.82. The van der Waals surface area contributed by atoms with Gasteiger partial charge >= 0.3 is 11.4 Å². The lowest BCUT2D eigenvalue weighted by Gasteiger charge is -2.93. The third-order valence-corrected chi connectivity index (χ3v) is 7.60. The molecule has 0 N–H and O–H groups in total. The zero-order valence-electron chi connectivity index (χ0n) is 12.0. The van der Waals surface area contributed by atoms with Crippen molar-refractivity contribution in [3.8, 4) is 11.8 Å². The predicted molar refractivity (Wildman–Crippen MR) is 77.9 cm³/mol. The van der Waals surface area contributed by atoms with Crippen LogP contribution in [0.3, 0.4) is 0 Å². The van der Waals surface area contributed by atoms with Crippen molar-refractivity contribution in [1.82, 2.24) is 13.9 Å². The maximum atomic E-state index is 13.0. The lowest BCUT2D eigenvalue weighted by atomic mass is 9.13. The lowest BCUT2D eigenvalue weighted by Crippen LogP contribution is -2.97. The van der Waals surface area contributed by atoms with Crippen molar-refractivity contribution in [2.45, 2.75) is 11.6 Å². The van der Waals surface area contributed by atoms with E-state index < -0.39 is 5.54 Å². The van der Waals surface area contributed by atoms with Crippen LogP contribution >= 0.6 is 0 Å². The van der Waals surface area contributed by atoms with Crippen molar-refractivity contribution >= 4 is 0 Å². The highest BCUT2D eigenvalue weighted by atomic mass is 16.2. The Morgan fingerprint density at radius 1 is 0.957 bits per heavy atom. The second-order valence-electron chi connectivity index (χ2n) is 7.68. The minimum atomic E-state index is -0.750. The highest BCUT2D eigenvalue weighted by Crippen LogP contribution is 2.93. The van der Waals surface area contributed by atoms with E-state index in [0.29, 0.717) is 35.3 Å². The van der Waals surface area contributed by atoms with Crippen molar-refractivity contribution < 1.29 is 0 Å². The van der Waals surface area contributed by atoms with Gasteiger partial charge in [-0.1, -0.05) is 18.2 Å². The molecule has 8 atom stereocenters. The molecule has 6 nitrogen and oxygen atoms in total. The number of benzene rings is 1. The van der Waals surface area contributed by atoms with Gasteiger partial charge in [-0.2, -0.15) is 5.26 Å². The van der Waals surface area contributed by atoms with E-state index in [1.807, 2.05) is 18.2 Å². The fraction of sp³-hybridized carbons (Fsp3) is 0.471. The van der Waals surface area contributed by atoms with Gasteiger partial charge in [0.2, 0.25) is 0 Å². The van der Waals surface area contributed by atoms with Crippen LogP contribution in [0.15, 0.2) is 39.9 Å². The average Bonchev–Trinajstić information content (AvgIpc) is 2.80. The summed E-state index contributed by atoms with van der Waals surface area (Å²) in [5.74, 6) is 2.91. The quantitative estimate of drug-likeness (QED) is 0.762. The summed E-state index contributed by atoms with van der Waals surface area (Å²) < 4.78 is 4.40. The molecular formula is C17H12N4O2. The Labute approximate surface area is 130 Å². The molecule has 8 rings (SSSR count). The molecular weight excluding hydrogens is 292 g/mol. The molecule has 4 unspecified atom stereocenters. The smallest absolute Gasteiger partial charge is 0.245 e. The van der Waals surface area contributed by atoms with Crippen molar-refractivity contribution in [3.05, 3.63) is 51.3 Å². The van der Waals surface area contributed by atoms with Crippen LogP contribution < -0.4 is 11.4 Å². The fourth-order valence-corrected chi connectivity index (χ4v) is 7.10. The Kier molecular flexibility index (Phi) is 1.36. The number of hydrogen-bond donors (Lipinski definition) is 0. The maximum Gasteiger partial charge on any atom is 0.353 e. The zero-order valence-corrected chi connectivity index (χ0v) is 12.0. The van der Waals surface area contributed by atoms with Crippen LogP contribution in [-0.2, 0) is 5.54 Å². The molecule has 6 heteroatoms. The first-order valence-electron chi connectivity index (χ1n) is 8.17. The van der Waals surface area contributed by atoms with Crippen molar-refractivity contribution in [3.63, 3.8) is 0 Å². The number of para-hydroxylation sites is 1. The summed E-state index contributed by atoms with van der Waals surface area (Å²) in [6.45, 7) is 0. The summed E-state index contributed by atoms with van der Waals surface area (Å²) >= 11 is 0. The highest BCUT2D eigenvalue weighted by molar-refractivity contribution is 5.46. The van der Waals surface area contributed by atoms with Gasteiger partial charge in [-0.3, -0.25) is 0 Å². The van der Waals surface area contributed by atoms with Crippen LogP contribution in [0.2, 0.25) is 0 Å². The van der Waals surface area contributed by atoms with E-state index in [-0.39, 0.29) is 17.4 Å². The van der Waals surface area contributed by atoms with Gasteiger partial charge < -0.3 is 0 Å². The van der Waals surface area contributed by atoms with E-state index in [1.54, 1.807) is 16.8 Å². The molecule has 0 saturated heterocycles. The van der Waals surface area contributed by atoms with Crippen molar-refractivity contribution in [1.29, 1.82) is 5.26 Å². The first-order valence-corrected chi connectivity index (χ1v) is 8.17. The Bertz CT molecular complexity index is 1060. The SMILES string of the molecule is N#CC12[C@@H]3C4C5[C@H]3C([C@@H]5[C@H]41)n1c(=O)n(-c3ccccc3)c(=O)n12. The molecule has 1 aromatic heterocycles. The molecule has 0 spiro atoms. The molecule has 0 radical (unpaired) electrons. The summed E-state index contributed by atoms with van der Waals surface area (Å²) in [5.41, 5.74) is -0.797. The van der Waals surface area contributed by atoms with Crippen LogP contribution in [0.25, 0.3) is 5.69 Å². The Morgan fingerprint density at radius 2 is 1.65 bits per heavy atom. The van der Waals surface area contributed by atoms with Gasteiger partial charge in [0.25, 0.3) is 0 Å². The van der Waals surface area contributed by atoms with Crippen LogP contribution in [0.1, 0.15) is 6.04 Å². The molecule has 4 fully saturated rings. The maximum absolute atomic E-state index is 13.0. The van der Waals surface area contributed by atoms with Crippen molar-refractivity contribution in [2.75, 3.05) is 0 Å². The normalized spacial score (nSPS) is 48.0. The van der Waals surface area contributed by atoms with E-state index in [2.05, 4.69) is 6.07 Å². The summed E-state index contributed by atoms with van der Waals surface area (Å²) in [6, 6.07) is 11.6. The molecule has 1 aromatic carbocycles. The number of hydrogen-bond acceptors (Lipinski definition) is 3. The first kappa shape index (κ1) is 11.1. The van der Waals surface area contributed by atoms with E-state index in [9.17, 15) is 14.9 Å². The monoisotopic (exact) mass is 304 g/mol.